The highest BCUT2D eigenvalue weighted by Crippen LogP contribution is 2.24. The van der Waals surface area contributed by atoms with Crippen LogP contribution in [-0.2, 0) is 15.6 Å². The molecule has 0 unspecified atom stereocenters. The smallest absolute Gasteiger partial charge is 0.186 e. The van der Waals surface area contributed by atoms with Gasteiger partial charge in [-0.2, -0.15) is 0 Å². The van der Waals surface area contributed by atoms with E-state index in [9.17, 15) is 12.8 Å². The summed E-state index contributed by atoms with van der Waals surface area (Å²) in [4.78, 5) is 4.03. The number of aromatic nitrogens is 1. The number of hydrogen-bond acceptors (Lipinski definition) is 5. The molecule has 1 aromatic heterocycles. The summed E-state index contributed by atoms with van der Waals surface area (Å²) in [5, 5.41) is 2.27. The predicted molar refractivity (Wildman–Crippen MR) is 68.6 cm³/mol. The molecular weight excluding hydrogens is 275 g/mol. The van der Waals surface area contributed by atoms with Gasteiger partial charge in [-0.3, -0.25) is 0 Å². The van der Waals surface area contributed by atoms with E-state index in [2.05, 4.69) is 4.98 Å². The fraction of sp³-hybridized carbons (Fsp3) is 0.182. The van der Waals surface area contributed by atoms with Crippen molar-refractivity contribution in [2.45, 2.75) is 17.6 Å². The number of rotatable bonds is 3. The van der Waals surface area contributed by atoms with Crippen molar-refractivity contribution in [1.29, 1.82) is 0 Å². The van der Waals surface area contributed by atoms with Crippen molar-refractivity contribution in [1.82, 2.24) is 4.98 Å². The van der Waals surface area contributed by atoms with E-state index in [1.165, 1.54) is 17.4 Å². The van der Waals surface area contributed by atoms with Gasteiger partial charge in [0.25, 0.3) is 0 Å². The predicted octanol–water partition coefficient (Wildman–Crippen LogP) is 2.15. The number of anilines is 1. The molecule has 2 aromatic rings. The lowest BCUT2D eigenvalue weighted by atomic mass is 10.3. The van der Waals surface area contributed by atoms with Crippen LogP contribution in [0.1, 0.15) is 10.7 Å². The van der Waals surface area contributed by atoms with E-state index in [0.717, 1.165) is 17.8 Å². The molecule has 2 rings (SSSR count). The first-order valence-electron chi connectivity index (χ1n) is 5.07. The van der Waals surface area contributed by atoms with Crippen molar-refractivity contribution in [3.05, 3.63) is 40.1 Å². The summed E-state index contributed by atoms with van der Waals surface area (Å²) in [5.41, 5.74) is 6.23. The summed E-state index contributed by atoms with van der Waals surface area (Å²) in [6.45, 7) is 1.79. The average Bonchev–Trinajstić information content (AvgIpc) is 2.62. The minimum absolute atomic E-state index is 0.0586. The molecule has 0 aliphatic rings. The Bertz CT molecular complexity index is 680. The molecule has 0 atom stereocenters. The van der Waals surface area contributed by atoms with Crippen LogP contribution in [0.4, 0.5) is 10.1 Å². The van der Waals surface area contributed by atoms with E-state index >= 15 is 0 Å². The van der Waals surface area contributed by atoms with Gasteiger partial charge in [0.05, 0.1) is 10.6 Å². The zero-order chi connectivity index (χ0) is 13.3. The molecule has 0 saturated carbocycles. The average molecular weight is 286 g/mol. The molecule has 7 heteroatoms. The lowest BCUT2D eigenvalue weighted by molar-refractivity contribution is 0.594. The molecule has 0 spiro atoms. The van der Waals surface area contributed by atoms with Gasteiger partial charge in [-0.15, -0.1) is 11.3 Å². The lowest BCUT2D eigenvalue weighted by Gasteiger charge is -2.05. The summed E-state index contributed by atoms with van der Waals surface area (Å²) in [6, 6.07) is 3.26. The third-order valence-electron chi connectivity index (χ3n) is 2.29. The number of halogens is 1. The molecule has 4 nitrogen and oxygen atoms in total. The number of aryl methyl sites for hydroxylation is 1. The van der Waals surface area contributed by atoms with Gasteiger partial charge < -0.3 is 5.73 Å². The fourth-order valence-corrected chi connectivity index (χ4v) is 4.04. The van der Waals surface area contributed by atoms with E-state index in [-0.39, 0.29) is 16.3 Å². The Kier molecular flexibility index (Phi) is 3.36. The molecule has 2 N–H and O–H groups in total. The van der Waals surface area contributed by atoms with E-state index in [0.29, 0.717) is 5.01 Å². The van der Waals surface area contributed by atoms with Crippen LogP contribution in [0.15, 0.2) is 28.5 Å². The third-order valence-corrected chi connectivity index (χ3v) is 5.13. The maximum atomic E-state index is 12.9. The molecule has 0 bridgehead atoms. The maximum Gasteiger partial charge on any atom is 0.186 e. The summed E-state index contributed by atoms with van der Waals surface area (Å²) >= 11 is 1.27. The highest BCUT2D eigenvalue weighted by molar-refractivity contribution is 7.91. The lowest BCUT2D eigenvalue weighted by Crippen LogP contribution is -2.08. The van der Waals surface area contributed by atoms with Gasteiger partial charge in [-0.1, -0.05) is 0 Å². The molecule has 0 amide bonds. The Labute approximate surface area is 108 Å². The van der Waals surface area contributed by atoms with Crippen LogP contribution in [0.25, 0.3) is 0 Å². The van der Waals surface area contributed by atoms with E-state index < -0.39 is 15.7 Å². The Morgan fingerprint density at radius 3 is 2.72 bits per heavy atom. The van der Waals surface area contributed by atoms with Gasteiger partial charge in [-0.05, 0) is 25.1 Å². The van der Waals surface area contributed by atoms with Crippen LogP contribution in [0.3, 0.4) is 0 Å². The molecule has 96 valence electrons. The second kappa shape index (κ2) is 4.66. The van der Waals surface area contributed by atoms with Gasteiger partial charge in [0.2, 0.25) is 0 Å². The number of nitrogens with two attached hydrogens (primary N) is 1. The second-order valence-electron chi connectivity index (χ2n) is 3.82. The van der Waals surface area contributed by atoms with E-state index in [1.54, 1.807) is 12.3 Å². The highest BCUT2D eigenvalue weighted by atomic mass is 32.2. The molecule has 0 radical (unpaired) electrons. The molecule has 0 aliphatic heterocycles. The first-order valence-corrected chi connectivity index (χ1v) is 7.60. The van der Waals surface area contributed by atoms with Crippen LogP contribution in [-0.4, -0.2) is 13.4 Å². The van der Waals surface area contributed by atoms with Crippen LogP contribution in [0.2, 0.25) is 0 Å². The van der Waals surface area contributed by atoms with Crippen molar-refractivity contribution in [2.75, 3.05) is 5.73 Å². The first-order chi connectivity index (χ1) is 8.38. The summed E-state index contributed by atoms with van der Waals surface area (Å²) < 4.78 is 37.1. The number of hydrogen-bond donors (Lipinski definition) is 1. The summed E-state index contributed by atoms with van der Waals surface area (Å²) in [7, 11) is -3.59. The van der Waals surface area contributed by atoms with Gasteiger partial charge in [0, 0.05) is 11.1 Å². The number of benzene rings is 1. The molecule has 0 fully saturated rings. The number of thiazole rings is 1. The number of nitrogen functional groups attached to an aromatic ring is 1. The normalized spacial score (nSPS) is 11.7. The fourth-order valence-electron chi connectivity index (χ4n) is 1.51. The monoisotopic (exact) mass is 286 g/mol. The summed E-state index contributed by atoms with van der Waals surface area (Å²) in [6.07, 6.45) is 0. The van der Waals surface area contributed by atoms with Crippen molar-refractivity contribution >= 4 is 26.9 Å². The summed E-state index contributed by atoms with van der Waals surface area (Å²) in [5.74, 6) is -0.780. The minimum Gasteiger partial charge on any atom is -0.398 e. The van der Waals surface area contributed by atoms with Crippen LogP contribution in [0, 0.1) is 12.7 Å². The molecular formula is C11H11FN2O2S2. The number of nitrogens with zero attached hydrogens (tertiary/aromatic N) is 1. The van der Waals surface area contributed by atoms with Crippen LogP contribution in [0.5, 0.6) is 0 Å². The zero-order valence-corrected chi connectivity index (χ0v) is 11.2. The molecule has 0 saturated heterocycles. The van der Waals surface area contributed by atoms with Crippen LogP contribution >= 0.6 is 11.3 Å². The van der Waals surface area contributed by atoms with Crippen molar-refractivity contribution in [3.8, 4) is 0 Å². The van der Waals surface area contributed by atoms with Crippen molar-refractivity contribution in [3.63, 3.8) is 0 Å². The van der Waals surface area contributed by atoms with Crippen LogP contribution < -0.4 is 5.73 Å². The SMILES string of the molecule is Cc1csc(CS(=O)(=O)c2ccc(F)cc2N)n1. The quantitative estimate of drug-likeness (QED) is 0.693. The van der Waals surface area contributed by atoms with Gasteiger partial charge in [0.1, 0.15) is 16.6 Å². The maximum absolute atomic E-state index is 12.9. The van der Waals surface area contributed by atoms with Gasteiger partial charge >= 0.3 is 0 Å². The van der Waals surface area contributed by atoms with E-state index in [1.807, 2.05) is 0 Å². The van der Waals surface area contributed by atoms with E-state index in [4.69, 9.17) is 5.73 Å². The Balaban J connectivity index is 2.36. The molecule has 0 aliphatic carbocycles. The molecule has 1 aromatic carbocycles. The standard InChI is InChI=1S/C11H11FN2O2S2/c1-7-5-17-11(14-7)6-18(15,16)10-3-2-8(12)4-9(10)13/h2-5H,6,13H2,1H3. The van der Waals surface area contributed by atoms with Crippen molar-refractivity contribution in [2.24, 2.45) is 0 Å². The molecule has 18 heavy (non-hydrogen) atoms. The number of sulfone groups is 1. The third kappa shape index (κ3) is 2.68. The second-order valence-corrected chi connectivity index (χ2v) is 6.72. The van der Waals surface area contributed by atoms with Gasteiger partial charge in [-0.25, -0.2) is 17.8 Å². The molecule has 1 heterocycles. The minimum atomic E-state index is -3.59. The zero-order valence-electron chi connectivity index (χ0n) is 9.55. The van der Waals surface area contributed by atoms with Gasteiger partial charge in [0.15, 0.2) is 9.84 Å². The first kappa shape index (κ1) is 13.0. The Hall–Kier alpha value is -1.47. The largest absolute Gasteiger partial charge is 0.398 e. The van der Waals surface area contributed by atoms with Crippen molar-refractivity contribution < 1.29 is 12.8 Å². The Morgan fingerprint density at radius 1 is 1.44 bits per heavy atom. The Morgan fingerprint density at radius 2 is 2.17 bits per heavy atom. The topological polar surface area (TPSA) is 73.0 Å². The highest BCUT2D eigenvalue weighted by Gasteiger charge is 2.20.